The zero-order valence-electron chi connectivity index (χ0n) is 22.4. The summed E-state index contributed by atoms with van der Waals surface area (Å²) in [6.07, 6.45) is 20.8. The van der Waals surface area contributed by atoms with Crippen molar-refractivity contribution in [1.29, 1.82) is 0 Å². The number of ether oxygens (including phenoxy) is 1. The van der Waals surface area contributed by atoms with E-state index < -0.39 is 11.9 Å². The number of carboxylic acid groups (broad SMARTS) is 2. The maximum Gasteiger partial charge on any atom is 0.328 e. The Morgan fingerprint density at radius 2 is 1.13 bits per heavy atom. The third-order valence-electron chi connectivity index (χ3n) is 7.76. The molecule has 5 heteroatoms. The first-order chi connectivity index (χ1) is 19.0. The summed E-state index contributed by atoms with van der Waals surface area (Å²) in [5, 5.41) is 18.4. The van der Waals surface area contributed by atoms with Crippen LogP contribution in [0.25, 0.3) is 23.8 Å². The van der Waals surface area contributed by atoms with E-state index in [0.717, 1.165) is 59.8 Å². The molecule has 0 saturated heterocycles. The molecule has 0 aliphatic heterocycles. The number of carboxylic acids is 2. The Bertz CT molecular complexity index is 1250. The first-order valence-electron chi connectivity index (χ1n) is 14.1. The highest BCUT2D eigenvalue weighted by Crippen LogP contribution is 2.44. The second-order valence-electron chi connectivity index (χ2n) is 10.4. The number of carbonyl (C=O) groups is 2. The third-order valence-corrected chi connectivity index (χ3v) is 7.76. The first-order valence-corrected chi connectivity index (χ1v) is 14.1. The fraction of sp³-hybridized carbons (Fsp3) is 0.353. The minimum absolute atomic E-state index is 0.305. The monoisotopic (exact) mass is 526 g/mol. The number of hydrogen-bond acceptors (Lipinski definition) is 3. The van der Waals surface area contributed by atoms with E-state index in [0.29, 0.717) is 11.8 Å². The van der Waals surface area contributed by atoms with Crippen LogP contribution >= 0.6 is 0 Å². The Morgan fingerprint density at radius 3 is 1.72 bits per heavy atom. The van der Waals surface area contributed by atoms with Gasteiger partial charge >= 0.3 is 11.9 Å². The van der Waals surface area contributed by atoms with Crippen LogP contribution in [0.5, 0.6) is 0 Å². The summed E-state index contributed by atoms with van der Waals surface area (Å²) >= 11 is 0. The number of hydrogen-bond donors (Lipinski definition) is 2. The summed E-state index contributed by atoms with van der Waals surface area (Å²) < 4.78 is 6.63. The van der Waals surface area contributed by atoms with Crippen molar-refractivity contribution in [3.8, 4) is 0 Å². The molecule has 2 aromatic carbocycles. The van der Waals surface area contributed by atoms with Crippen LogP contribution in [0.3, 0.4) is 0 Å². The SMILES string of the molecule is O=C(O)C=Cc1ccccc1C=COC(=C(c1ccccc1C=CC(=O)O)C1CCCCC1)C1CCCCC1. The second kappa shape index (κ2) is 14.3. The van der Waals surface area contributed by atoms with Crippen molar-refractivity contribution in [3.63, 3.8) is 0 Å². The maximum atomic E-state index is 11.4. The Kier molecular flexibility index (Phi) is 10.4. The topological polar surface area (TPSA) is 83.8 Å². The molecule has 2 saturated carbocycles. The van der Waals surface area contributed by atoms with Gasteiger partial charge in [-0.25, -0.2) is 9.59 Å². The zero-order chi connectivity index (χ0) is 27.5. The Hall–Kier alpha value is -3.86. The van der Waals surface area contributed by atoms with Crippen LogP contribution in [0.15, 0.2) is 72.7 Å². The second-order valence-corrected chi connectivity index (χ2v) is 10.4. The molecular formula is C34H38O5. The smallest absolute Gasteiger partial charge is 0.328 e. The van der Waals surface area contributed by atoms with E-state index in [1.54, 1.807) is 18.4 Å². The molecule has 204 valence electrons. The number of allylic oxidation sites excluding steroid dienone is 2. The molecule has 2 aliphatic carbocycles. The van der Waals surface area contributed by atoms with Gasteiger partial charge in [0.15, 0.2) is 0 Å². The van der Waals surface area contributed by atoms with Gasteiger partial charge in [0.05, 0.1) is 6.26 Å². The fourth-order valence-electron chi connectivity index (χ4n) is 5.89. The van der Waals surface area contributed by atoms with E-state index in [1.165, 1.54) is 50.2 Å². The largest absolute Gasteiger partial charge is 0.478 e. The maximum absolute atomic E-state index is 11.4. The lowest BCUT2D eigenvalue weighted by Crippen LogP contribution is -2.18. The number of aliphatic carboxylic acids is 2. The van der Waals surface area contributed by atoms with Gasteiger partial charge in [-0.05, 0) is 72.1 Å². The van der Waals surface area contributed by atoms with Crippen LogP contribution in [0.2, 0.25) is 0 Å². The highest BCUT2D eigenvalue weighted by Gasteiger charge is 2.29. The molecule has 0 aromatic heterocycles. The molecule has 0 bridgehead atoms. The average Bonchev–Trinajstić information content (AvgIpc) is 2.96. The molecule has 39 heavy (non-hydrogen) atoms. The lowest BCUT2D eigenvalue weighted by atomic mass is 9.76. The predicted molar refractivity (Wildman–Crippen MR) is 156 cm³/mol. The van der Waals surface area contributed by atoms with Crippen LogP contribution in [-0.4, -0.2) is 22.2 Å². The lowest BCUT2D eigenvalue weighted by Gasteiger charge is -2.32. The van der Waals surface area contributed by atoms with Crippen molar-refractivity contribution in [1.82, 2.24) is 0 Å². The molecule has 4 rings (SSSR count). The molecule has 0 heterocycles. The summed E-state index contributed by atoms with van der Waals surface area (Å²) in [6, 6.07) is 15.7. The van der Waals surface area contributed by atoms with Crippen molar-refractivity contribution in [2.45, 2.75) is 64.2 Å². The van der Waals surface area contributed by atoms with Gasteiger partial charge in [-0.2, -0.15) is 0 Å². The van der Waals surface area contributed by atoms with Gasteiger partial charge in [0.25, 0.3) is 0 Å². The molecule has 0 amide bonds. The first kappa shape index (κ1) is 28.2. The van der Waals surface area contributed by atoms with Gasteiger partial charge < -0.3 is 14.9 Å². The van der Waals surface area contributed by atoms with E-state index in [2.05, 4.69) is 6.07 Å². The van der Waals surface area contributed by atoms with Crippen molar-refractivity contribution in [2.24, 2.45) is 11.8 Å². The molecular weight excluding hydrogens is 488 g/mol. The highest BCUT2D eigenvalue weighted by atomic mass is 16.5. The molecule has 2 aliphatic rings. The normalized spacial score (nSPS) is 18.1. The van der Waals surface area contributed by atoms with Crippen molar-refractivity contribution in [2.75, 3.05) is 0 Å². The molecule has 0 atom stereocenters. The summed E-state index contributed by atoms with van der Waals surface area (Å²) in [6.45, 7) is 0. The summed E-state index contributed by atoms with van der Waals surface area (Å²) in [7, 11) is 0. The lowest BCUT2D eigenvalue weighted by molar-refractivity contribution is -0.132. The zero-order valence-corrected chi connectivity index (χ0v) is 22.4. The molecule has 2 N–H and O–H groups in total. The van der Waals surface area contributed by atoms with Crippen LogP contribution in [0, 0.1) is 11.8 Å². The minimum Gasteiger partial charge on any atom is -0.478 e. The summed E-state index contributed by atoms with van der Waals surface area (Å²) in [5.41, 5.74) is 4.85. The molecule has 0 spiro atoms. The van der Waals surface area contributed by atoms with Crippen LogP contribution in [-0.2, 0) is 14.3 Å². The van der Waals surface area contributed by atoms with Gasteiger partial charge in [-0.1, -0.05) is 87.1 Å². The van der Waals surface area contributed by atoms with Crippen LogP contribution in [0.4, 0.5) is 0 Å². The van der Waals surface area contributed by atoms with Gasteiger partial charge in [-0.3, -0.25) is 0 Å². The Balaban J connectivity index is 1.80. The van der Waals surface area contributed by atoms with Gasteiger partial charge in [0, 0.05) is 23.6 Å². The predicted octanol–water partition coefficient (Wildman–Crippen LogP) is 8.44. The van der Waals surface area contributed by atoms with Crippen molar-refractivity contribution >= 4 is 35.7 Å². The Labute approximate surface area is 231 Å². The standard InChI is InChI=1S/C34H38O5/c35-31(36)21-19-25-11-7-8-12-26(25)23-24-39-34(29-16-5-2-6-17-29)33(28-14-3-1-4-15-28)30-18-10-9-13-27(30)20-22-32(37)38/h7-13,18-24,28-29H,1-6,14-17H2,(H,35,36)(H,37,38). The third kappa shape index (κ3) is 8.06. The van der Waals surface area contributed by atoms with Gasteiger partial charge in [0.1, 0.15) is 5.76 Å². The molecule has 2 aromatic rings. The average molecular weight is 527 g/mol. The van der Waals surface area contributed by atoms with E-state index in [9.17, 15) is 14.7 Å². The quantitative estimate of drug-likeness (QED) is 0.240. The van der Waals surface area contributed by atoms with Gasteiger partial charge in [0.2, 0.25) is 0 Å². The van der Waals surface area contributed by atoms with E-state index in [4.69, 9.17) is 9.84 Å². The molecule has 0 unspecified atom stereocenters. The molecule has 0 radical (unpaired) electrons. The van der Waals surface area contributed by atoms with E-state index >= 15 is 0 Å². The number of benzene rings is 2. The minimum atomic E-state index is -0.986. The fourth-order valence-corrected chi connectivity index (χ4v) is 5.89. The number of rotatable bonds is 10. The summed E-state index contributed by atoms with van der Waals surface area (Å²) in [4.78, 5) is 22.4. The van der Waals surface area contributed by atoms with Crippen LogP contribution in [0.1, 0.15) is 86.5 Å². The van der Waals surface area contributed by atoms with E-state index in [1.807, 2.05) is 48.5 Å². The Morgan fingerprint density at radius 1 is 0.641 bits per heavy atom. The van der Waals surface area contributed by atoms with Crippen molar-refractivity contribution < 1.29 is 24.5 Å². The van der Waals surface area contributed by atoms with Crippen molar-refractivity contribution in [3.05, 3.63) is 95.0 Å². The highest BCUT2D eigenvalue weighted by molar-refractivity contribution is 5.88. The molecule has 5 nitrogen and oxygen atoms in total. The summed E-state index contributed by atoms with van der Waals surface area (Å²) in [5.74, 6) is -0.281. The van der Waals surface area contributed by atoms with Gasteiger partial charge in [-0.15, -0.1) is 0 Å². The van der Waals surface area contributed by atoms with Crippen LogP contribution < -0.4 is 0 Å². The molecule has 2 fully saturated rings. The van der Waals surface area contributed by atoms with E-state index in [-0.39, 0.29) is 0 Å².